The number of nitrogens with two attached hydrogens (primary N) is 1. The highest BCUT2D eigenvalue weighted by Gasteiger charge is 2.47. The van der Waals surface area contributed by atoms with Gasteiger partial charge in [-0.05, 0) is 26.2 Å². The van der Waals surface area contributed by atoms with Crippen molar-refractivity contribution in [2.45, 2.75) is 51.2 Å². The molecular formula is C23H29FN8O. The zero-order valence-electron chi connectivity index (χ0n) is 19.0. The Hall–Kier alpha value is -2.85. The van der Waals surface area contributed by atoms with Crippen LogP contribution in [0.1, 0.15) is 44.7 Å². The fourth-order valence-electron chi connectivity index (χ4n) is 5.61. The first-order chi connectivity index (χ1) is 15.9. The van der Waals surface area contributed by atoms with Gasteiger partial charge in [-0.2, -0.15) is 5.10 Å². The highest BCUT2D eigenvalue weighted by molar-refractivity contribution is 5.87. The Kier molecular flexibility index (Phi) is 4.77. The molecular weight excluding hydrogens is 423 g/mol. The molecule has 10 heteroatoms. The monoisotopic (exact) mass is 452 g/mol. The largest absolute Gasteiger partial charge is 0.376 e. The summed E-state index contributed by atoms with van der Waals surface area (Å²) in [4.78, 5) is 18.1. The van der Waals surface area contributed by atoms with Crippen molar-refractivity contribution >= 4 is 28.5 Å². The van der Waals surface area contributed by atoms with Gasteiger partial charge in [-0.25, -0.2) is 14.4 Å². The SMILES string of the molecule is C[C@@H]1OCC2(CCN(c3cnc4c(N5CC[C@H](C)c6ncc(F)cc65)n[nH]c4n3)CC2)[C@@H]1N. The lowest BCUT2D eigenvalue weighted by atomic mass is 9.73. The van der Waals surface area contributed by atoms with Gasteiger partial charge in [0.2, 0.25) is 0 Å². The fraction of sp³-hybridized carbons (Fsp3) is 0.565. The Balaban J connectivity index is 1.26. The van der Waals surface area contributed by atoms with Crippen LogP contribution >= 0.6 is 0 Å². The van der Waals surface area contributed by atoms with Gasteiger partial charge in [0.25, 0.3) is 0 Å². The zero-order chi connectivity index (χ0) is 22.7. The Morgan fingerprint density at radius 3 is 2.76 bits per heavy atom. The zero-order valence-corrected chi connectivity index (χ0v) is 19.0. The summed E-state index contributed by atoms with van der Waals surface area (Å²) < 4.78 is 19.8. The summed E-state index contributed by atoms with van der Waals surface area (Å²) in [5.74, 6) is 1.40. The summed E-state index contributed by atoms with van der Waals surface area (Å²) in [5, 5.41) is 7.55. The van der Waals surface area contributed by atoms with Crippen molar-refractivity contribution in [2.24, 2.45) is 11.1 Å². The summed E-state index contributed by atoms with van der Waals surface area (Å²) in [6.45, 7) is 7.37. The van der Waals surface area contributed by atoms with Gasteiger partial charge in [-0.15, -0.1) is 0 Å². The van der Waals surface area contributed by atoms with E-state index in [1.165, 1.54) is 12.3 Å². The van der Waals surface area contributed by atoms with E-state index in [9.17, 15) is 4.39 Å². The third-order valence-electron chi connectivity index (χ3n) is 7.83. The Labute approximate surface area is 191 Å². The van der Waals surface area contributed by atoms with Gasteiger partial charge < -0.3 is 20.3 Å². The highest BCUT2D eigenvalue weighted by Crippen LogP contribution is 2.42. The molecule has 0 radical (unpaired) electrons. The molecule has 3 aromatic heterocycles. The molecule has 3 N–H and O–H groups in total. The number of nitrogens with one attached hydrogen (secondary N) is 1. The normalized spacial score (nSPS) is 26.8. The van der Waals surface area contributed by atoms with Crippen LogP contribution in [0.5, 0.6) is 0 Å². The number of halogens is 1. The van der Waals surface area contributed by atoms with Crippen LogP contribution in [0.15, 0.2) is 18.5 Å². The number of hydrogen-bond donors (Lipinski definition) is 2. The van der Waals surface area contributed by atoms with Crippen molar-refractivity contribution in [1.82, 2.24) is 25.1 Å². The van der Waals surface area contributed by atoms with Crippen LogP contribution < -0.4 is 15.5 Å². The fourth-order valence-corrected chi connectivity index (χ4v) is 5.61. The van der Waals surface area contributed by atoms with E-state index in [2.05, 4.69) is 33.9 Å². The number of ether oxygens (including phenoxy) is 1. The van der Waals surface area contributed by atoms with E-state index in [0.29, 0.717) is 17.0 Å². The van der Waals surface area contributed by atoms with Gasteiger partial charge in [0, 0.05) is 43.1 Å². The third-order valence-corrected chi connectivity index (χ3v) is 7.83. The van der Waals surface area contributed by atoms with E-state index in [1.807, 2.05) is 11.1 Å². The molecule has 0 aromatic carbocycles. The van der Waals surface area contributed by atoms with E-state index in [0.717, 1.165) is 62.7 Å². The van der Waals surface area contributed by atoms with Crippen molar-refractivity contribution in [3.8, 4) is 0 Å². The van der Waals surface area contributed by atoms with E-state index < -0.39 is 0 Å². The van der Waals surface area contributed by atoms with Gasteiger partial charge in [0.1, 0.15) is 11.6 Å². The first-order valence-electron chi connectivity index (χ1n) is 11.7. The van der Waals surface area contributed by atoms with Gasteiger partial charge in [0.05, 0.1) is 36.5 Å². The number of piperidine rings is 1. The number of H-pyrrole nitrogens is 1. The molecule has 0 amide bonds. The van der Waals surface area contributed by atoms with E-state index in [1.54, 1.807) is 0 Å². The quantitative estimate of drug-likeness (QED) is 0.611. The summed E-state index contributed by atoms with van der Waals surface area (Å²) in [6.07, 6.45) is 6.07. The summed E-state index contributed by atoms with van der Waals surface area (Å²) in [6, 6.07) is 1.61. The number of pyridine rings is 1. The van der Waals surface area contributed by atoms with Crippen molar-refractivity contribution < 1.29 is 9.13 Å². The molecule has 0 aliphatic carbocycles. The van der Waals surface area contributed by atoms with Crippen LogP contribution in [0, 0.1) is 11.2 Å². The minimum absolute atomic E-state index is 0.0662. The molecule has 9 nitrogen and oxygen atoms in total. The maximum atomic E-state index is 14.0. The molecule has 2 saturated heterocycles. The van der Waals surface area contributed by atoms with Crippen LogP contribution in [0.3, 0.4) is 0 Å². The molecule has 0 unspecified atom stereocenters. The van der Waals surface area contributed by atoms with Gasteiger partial charge in [-0.3, -0.25) is 10.1 Å². The molecule has 6 heterocycles. The van der Waals surface area contributed by atoms with E-state index in [-0.39, 0.29) is 29.3 Å². The average molecular weight is 453 g/mol. The first kappa shape index (κ1) is 20.7. The number of aromatic amines is 1. The maximum Gasteiger partial charge on any atom is 0.183 e. The number of rotatable bonds is 2. The molecule has 2 fully saturated rings. The predicted molar refractivity (Wildman–Crippen MR) is 123 cm³/mol. The van der Waals surface area contributed by atoms with Crippen molar-refractivity contribution in [2.75, 3.05) is 36.0 Å². The highest BCUT2D eigenvalue weighted by atomic mass is 19.1. The topological polar surface area (TPSA) is 109 Å². The second-order valence-electron chi connectivity index (χ2n) is 9.76. The molecule has 0 saturated carbocycles. The molecule has 0 bridgehead atoms. The van der Waals surface area contributed by atoms with Crippen LogP contribution in [0.2, 0.25) is 0 Å². The predicted octanol–water partition coefficient (Wildman–Crippen LogP) is 2.86. The number of nitrogens with zero attached hydrogens (tertiary/aromatic N) is 6. The van der Waals surface area contributed by atoms with Gasteiger partial charge in [-0.1, -0.05) is 6.92 Å². The first-order valence-corrected chi connectivity index (χ1v) is 11.7. The lowest BCUT2D eigenvalue weighted by Crippen LogP contribution is -2.50. The lowest BCUT2D eigenvalue weighted by Gasteiger charge is -2.41. The number of hydrogen-bond acceptors (Lipinski definition) is 8. The molecule has 3 atom stereocenters. The van der Waals surface area contributed by atoms with Crippen molar-refractivity contribution in [1.29, 1.82) is 0 Å². The summed E-state index contributed by atoms with van der Waals surface area (Å²) in [5.41, 5.74) is 9.46. The lowest BCUT2D eigenvalue weighted by molar-refractivity contribution is 0.0974. The van der Waals surface area contributed by atoms with Crippen LogP contribution in [0.4, 0.5) is 21.7 Å². The molecule has 3 aromatic rings. The second kappa shape index (κ2) is 7.59. The second-order valence-corrected chi connectivity index (χ2v) is 9.76. The minimum atomic E-state index is -0.356. The number of aromatic nitrogens is 5. The van der Waals surface area contributed by atoms with Crippen LogP contribution in [0.25, 0.3) is 11.2 Å². The molecule has 3 aliphatic rings. The molecule has 1 spiro atoms. The minimum Gasteiger partial charge on any atom is -0.376 e. The smallest absolute Gasteiger partial charge is 0.183 e. The third kappa shape index (κ3) is 3.26. The Morgan fingerprint density at radius 2 is 2.00 bits per heavy atom. The summed E-state index contributed by atoms with van der Waals surface area (Å²) in [7, 11) is 0. The van der Waals surface area contributed by atoms with E-state index >= 15 is 0 Å². The molecule has 6 rings (SSSR count). The number of fused-ring (bicyclic) bond motifs is 2. The van der Waals surface area contributed by atoms with Gasteiger partial charge >= 0.3 is 0 Å². The van der Waals surface area contributed by atoms with Crippen molar-refractivity contribution in [3.63, 3.8) is 0 Å². The van der Waals surface area contributed by atoms with Crippen molar-refractivity contribution in [3.05, 3.63) is 30.0 Å². The molecule has 33 heavy (non-hydrogen) atoms. The summed E-state index contributed by atoms with van der Waals surface area (Å²) >= 11 is 0. The standard InChI is InChI=1S/C23H29FN8O/c1-13-3-6-32(16-9-15(24)10-26-18(13)16)22-19-21(29-30-22)28-17(11-27-19)31-7-4-23(5-8-31)12-33-14(2)20(23)25/h9-11,13-14,20H,3-8,12,25H2,1-2H3,(H,28,29,30)/t13-,14-,20+/m0/s1. The Morgan fingerprint density at radius 1 is 1.18 bits per heavy atom. The van der Waals surface area contributed by atoms with E-state index in [4.69, 9.17) is 20.4 Å². The van der Waals surface area contributed by atoms with Crippen LogP contribution in [-0.2, 0) is 4.74 Å². The van der Waals surface area contributed by atoms with Gasteiger partial charge in [0.15, 0.2) is 17.0 Å². The number of anilines is 3. The average Bonchev–Trinajstić information content (AvgIpc) is 3.36. The molecule has 174 valence electrons. The molecule has 3 aliphatic heterocycles. The Bertz CT molecular complexity index is 1190. The van der Waals surface area contributed by atoms with Crippen LogP contribution in [-0.4, -0.2) is 63.5 Å². The maximum absolute atomic E-state index is 14.0.